The molecule has 102 valence electrons. The van der Waals surface area contributed by atoms with Crippen LogP contribution in [0.5, 0.6) is 0 Å². The van der Waals surface area contributed by atoms with Crippen LogP contribution in [-0.4, -0.2) is 16.7 Å². The Morgan fingerprint density at radius 2 is 2.16 bits per heavy atom. The van der Waals surface area contributed by atoms with Crippen molar-refractivity contribution in [2.75, 3.05) is 6.54 Å². The molecule has 1 aromatic heterocycles. The Labute approximate surface area is 119 Å². The van der Waals surface area contributed by atoms with Crippen LogP contribution in [0.2, 0.25) is 0 Å². The molecule has 0 bridgehead atoms. The SMILES string of the molecule is CCNC(CC)c1nnc(-c2ccc(F)c(Br)c2)o1. The van der Waals surface area contributed by atoms with Crippen molar-refractivity contribution in [1.82, 2.24) is 15.5 Å². The van der Waals surface area contributed by atoms with E-state index >= 15 is 0 Å². The van der Waals surface area contributed by atoms with E-state index in [4.69, 9.17) is 4.42 Å². The van der Waals surface area contributed by atoms with Gasteiger partial charge in [0.2, 0.25) is 11.8 Å². The molecule has 0 fully saturated rings. The summed E-state index contributed by atoms with van der Waals surface area (Å²) < 4.78 is 19.2. The fourth-order valence-corrected chi connectivity index (χ4v) is 2.15. The molecule has 0 spiro atoms. The molecule has 0 saturated heterocycles. The van der Waals surface area contributed by atoms with Crippen molar-refractivity contribution in [3.8, 4) is 11.5 Å². The summed E-state index contributed by atoms with van der Waals surface area (Å²) in [6.45, 7) is 4.90. The first-order valence-electron chi connectivity index (χ1n) is 6.17. The number of hydrogen-bond acceptors (Lipinski definition) is 4. The summed E-state index contributed by atoms with van der Waals surface area (Å²) in [7, 11) is 0. The summed E-state index contributed by atoms with van der Waals surface area (Å²) in [4.78, 5) is 0. The highest BCUT2D eigenvalue weighted by Gasteiger charge is 2.17. The second-order valence-electron chi connectivity index (χ2n) is 4.09. The maximum absolute atomic E-state index is 13.2. The molecular weight excluding hydrogens is 313 g/mol. The second kappa shape index (κ2) is 6.25. The monoisotopic (exact) mass is 327 g/mol. The molecule has 0 aliphatic rings. The zero-order chi connectivity index (χ0) is 13.8. The van der Waals surface area contributed by atoms with Crippen molar-refractivity contribution in [2.45, 2.75) is 26.3 Å². The highest BCUT2D eigenvalue weighted by atomic mass is 79.9. The normalized spacial score (nSPS) is 12.6. The molecule has 1 atom stereocenters. The third-order valence-electron chi connectivity index (χ3n) is 2.76. The molecule has 0 radical (unpaired) electrons. The van der Waals surface area contributed by atoms with Crippen LogP contribution in [0.4, 0.5) is 4.39 Å². The lowest BCUT2D eigenvalue weighted by Gasteiger charge is -2.10. The third-order valence-corrected chi connectivity index (χ3v) is 3.37. The summed E-state index contributed by atoms with van der Waals surface area (Å²) in [6, 6.07) is 4.66. The van der Waals surface area contributed by atoms with E-state index in [1.807, 2.05) is 13.8 Å². The van der Waals surface area contributed by atoms with Gasteiger partial charge < -0.3 is 9.73 Å². The van der Waals surface area contributed by atoms with Gasteiger partial charge in [0, 0.05) is 5.56 Å². The molecule has 1 unspecified atom stereocenters. The van der Waals surface area contributed by atoms with Gasteiger partial charge in [0.25, 0.3) is 0 Å². The third kappa shape index (κ3) is 3.19. The minimum absolute atomic E-state index is 0.0511. The predicted molar refractivity (Wildman–Crippen MR) is 74.1 cm³/mol. The van der Waals surface area contributed by atoms with Crippen LogP contribution >= 0.6 is 15.9 Å². The van der Waals surface area contributed by atoms with Crippen LogP contribution in [0.25, 0.3) is 11.5 Å². The molecule has 0 saturated carbocycles. The van der Waals surface area contributed by atoms with Gasteiger partial charge >= 0.3 is 0 Å². The zero-order valence-electron chi connectivity index (χ0n) is 10.8. The molecule has 19 heavy (non-hydrogen) atoms. The number of aromatic nitrogens is 2. The van der Waals surface area contributed by atoms with Crippen molar-refractivity contribution >= 4 is 15.9 Å². The summed E-state index contributed by atoms with van der Waals surface area (Å²) in [6.07, 6.45) is 0.864. The molecule has 2 rings (SSSR count). The minimum Gasteiger partial charge on any atom is -0.419 e. The van der Waals surface area contributed by atoms with Gasteiger partial charge in [-0.05, 0) is 47.1 Å². The van der Waals surface area contributed by atoms with E-state index in [0.29, 0.717) is 21.8 Å². The molecule has 6 heteroatoms. The highest BCUT2D eigenvalue weighted by Crippen LogP contribution is 2.26. The van der Waals surface area contributed by atoms with Crippen LogP contribution in [0, 0.1) is 5.82 Å². The Morgan fingerprint density at radius 3 is 2.79 bits per heavy atom. The Morgan fingerprint density at radius 1 is 1.37 bits per heavy atom. The minimum atomic E-state index is -0.317. The number of hydrogen-bond donors (Lipinski definition) is 1. The topological polar surface area (TPSA) is 51.0 Å². The van der Waals surface area contributed by atoms with Gasteiger partial charge in [0.15, 0.2) is 0 Å². The average Bonchev–Trinajstić information content (AvgIpc) is 2.88. The van der Waals surface area contributed by atoms with Gasteiger partial charge in [-0.25, -0.2) is 4.39 Å². The van der Waals surface area contributed by atoms with Crippen molar-refractivity contribution in [3.63, 3.8) is 0 Å². The first kappa shape index (κ1) is 14.1. The van der Waals surface area contributed by atoms with E-state index in [0.717, 1.165) is 13.0 Å². The summed E-state index contributed by atoms with van der Waals surface area (Å²) >= 11 is 3.14. The predicted octanol–water partition coefficient (Wildman–Crippen LogP) is 3.70. The fraction of sp³-hybridized carbons (Fsp3) is 0.385. The fourth-order valence-electron chi connectivity index (χ4n) is 1.77. The van der Waals surface area contributed by atoms with Crippen LogP contribution in [-0.2, 0) is 0 Å². The van der Waals surface area contributed by atoms with E-state index in [9.17, 15) is 4.39 Å². The smallest absolute Gasteiger partial charge is 0.247 e. The maximum Gasteiger partial charge on any atom is 0.247 e. The maximum atomic E-state index is 13.2. The average molecular weight is 328 g/mol. The number of benzene rings is 1. The zero-order valence-corrected chi connectivity index (χ0v) is 12.4. The van der Waals surface area contributed by atoms with Crippen LogP contribution < -0.4 is 5.32 Å². The van der Waals surface area contributed by atoms with E-state index in [1.165, 1.54) is 6.07 Å². The molecule has 1 heterocycles. The van der Waals surface area contributed by atoms with E-state index in [-0.39, 0.29) is 11.9 Å². The van der Waals surface area contributed by atoms with Gasteiger partial charge in [0.05, 0.1) is 10.5 Å². The second-order valence-corrected chi connectivity index (χ2v) is 4.95. The van der Waals surface area contributed by atoms with Crippen molar-refractivity contribution in [1.29, 1.82) is 0 Å². The first-order valence-corrected chi connectivity index (χ1v) is 6.97. The first-order chi connectivity index (χ1) is 9.15. The molecule has 0 aliphatic carbocycles. The molecule has 0 aliphatic heterocycles. The van der Waals surface area contributed by atoms with Gasteiger partial charge in [-0.2, -0.15) is 0 Å². The van der Waals surface area contributed by atoms with Gasteiger partial charge in [0.1, 0.15) is 5.82 Å². The summed E-state index contributed by atoms with van der Waals surface area (Å²) in [5.41, 5.74) is 0.693. The lowest BCUT2D eigenvalue weighted by atomic mass is 10.2. The number of nitrogens with zero attached hydrogens (tertiary/aromatic N) is 2. The number of nitrogens with one attached hydrogen (secondary N) is 1. The lowest BCUT2D eigenvalue weighted by molar-refractivity contribution is 0.402. The van der Waals surface area contributed by atoms with Gasteiger partial charge in [-0.3, -0.25) is 0 Å². The standard InChI is InChI=1S/C13H15BrFN3O/c1-3-11(16-4-2)13-18-17-12(19-13)8-5-6-10(15)9(14)7-8/h5-7,11,16H,3-4H2,1-2H3. The van der Waals surface area contributed by atoms with Gasteiger partial charge in [-0.1, -0.05) is 13.8 Å². The molecular formula is C13H15BrFN3O. The van der Waals surface area contributed by atoms with Crippen LogP contribution in [0.3, 0.4) is 0 Å². The quantitative estimate of drug-likeness (QED) is 0.909. The summed E-state index contributed by atoms with van der Waals surface area (Å²) in [5, 5.41) is 11.3. The van der Waals surface area contributed by atoms with Gasteiger partial charge in [-0.15, -0.1) is 10.2 Å². The van der Waals surface area contributed by atoms with Crippen LogP contribution in [0.15, 0.2) is 27.1 Å². The Kier molecular flexibility index (Phi) is 4.66. The van der Waals surface area contributed by atoms with E-state index in [1.54, 1.807) is 12.1 Å². The Balaban J connectivity index is 2.27. The number of rotatable bonds is 5. The lowest BCUT2D eigenvalue weighted by Crippen LogP contribution is -2.20. The van der Waals surface area contributed by atoms with Crippen molar-refractivity contribution in [2.24, 2.45) is 0 Å². The van der Waals surface area contributed by atoms with E-state index in [2.05, 4.69) is 31.4 Å². The van der Waals surface area contributed by atoms with Crippen molar-refractivity contribution < 1.29 is 8.81 Å². The highest BCUT2D eigenvalue weighted by molar-refractivity contribution is 9.10. The largest absolute Gasteiger partial charge is 0.419 e. The van der Waals surface area contributed by atoms with Crippen LogP contribution in [0.1, 0.15) is 32.2 Å². The molecule has 1 N–H and O–H groups in total. The van der Waals surface area contributed by atoms with Crippen molar-refractivity contribution in [3.05, 3.63) is 34.4 Å². The molecule has 1 aromatic carbocycles. The summed E-state index contributed by atoms with van der Waals surface area (Å²) in [5.74, 6) is 0.634. The Hall–Kier alpha value is -1.27. The molecule has 2 aromatic rings. The molecule has 4 nitrogen and oxygen atoms in total. The number of halogens is 2. The molecule has 0 amide bonds. The van der Waals surface area contributed by atoms with E-state index < -0.39 is 0 Å². The Bertz CT molecular complexity index is 559.